The van der Waals surface area contributed by atoms with E-state index < -0.39 is 0 Å². The van der Waals surface area contributed by atoms with Crippen LogP contribution in [0.25, 0.3) is 10.8 Å². The van der Waals surface area contributed by atoms with Gasteiger partial charge in [-0.25, -0.2) is 0 Å². The number of hydrogen-bond donors (Lipinski definition) is 0. The number of nitrogens with zero attached hydrogens (tertiary/aromatic N) is 1. The second kappa shape index (κ2) is 7.36. The van der Waals surface area contributed by atoms with E-state index in [0.29, 0.717) is 0 Å². The zero-order valence-corrected chi connectivity index (χ0v) is 13.5. The highest BCUT2D eigenvalue weighted by molar-refractivity contribution is 5.85. The topological polar surface area (TPSA) is 3.24 Å². The molecule has 3 rings (SSSR count). The zero-order valence-electron chi connectivity index (χ0n) is 13.5. The molecule has 22 heavy (non-hydrogen) atoms. The number of benzene rings is 2. The Morgan fingerprint density at radius 3 is 2.64 bits per heavy atom. The molecule has 1 fully saturated rings. The summed E-state index contributed by atoms with van der Waals surface area (Å²) in [5.41, 5.74) is 1.35. The lowest BCUT2D eigenvalue weighted by Gasteiger charge is -2.19. The van der Waals surface area contributed by atoms with E-state index in [0.717, 1.165) is 18.9 Å². The predicted molar refractivity (Wildman–Crippen MR) is 94.4 cm³/mol. The molecule has 1 saturated carbocycles. The lowest BCUT2D eigenvalue weighted by atomic mass is 9.87. The second-order valence-electron chi connectivity index (χ2n) is 6.49. The molecule has 0 amide bonds. The summed E-state index contributed by atoms with van der Waals surface area (Å²) in [6, 6.07) is 18.4. The molecule has 1 aliphatic carbocycles. The van der Waals surface area contributed by atoms with Gasteiger partial charge in [0.25, 0.3) is 0 Å². The Morgan fingerprint density at radius 2 is 1.77 bits per heavy atom. The number of fused-ring (bicyclic) bond motifs is 1. The predicted octanol–water partition coefficient (Wildman–Crippen LogP) is 5.20. The minimum Gasteiger partial charge on any atom is -0.331 e. The molecule has 0 N–H and O–H groups in total. The van der Waals surface area contributed by atoms with Crippen LogP contribution in [0.4, 0.5) is 0 Å². The SMILES string of the molecule is CN(C#CCC1CCCCC1)Cc1cccc2ccccc12. The largest absolute Gasteiger partial charge is 0.331 e. The molecule has 0 atom stereocenters. The molecule has 1 nitrogen and oxygen atoms in total. The van der Waals surface area contributed by atoms with Gasteiger partial charge in [0.1, 0.15) is 0 Å². The van der Waals surface area contributed by atoms with Crippen LogP contribution in [0.1, 0.15) is 44.1 Å². The van der Waals surface area contributed by atoms with Gasteiger partial charge in [0.2, 0.25) is 0 Å². The average Bonchev–Trinajstić information content (AvgIpc) is 2.56. The third kappa shape index (κ3) is 3.83. The highest BCUT2D eigenvalue weighted by Crippen LogP contribution is 2.25. The summed E-state index contributed by atoms with van der Waals surface area (Å²) in [7, 11) is 2.09. The lowest BCUT2D eigenvalue weighted by Crippen LogP contribution is -2.11. The summed E-state index contributed by atoms with van der Waals surface area (Å²) in [5.74, 6) is 4.24. The van der Waals surface area contributed by atoms with E-state index in [2.05, 4.69) is 66.4 Å². The Morgan fingerprint density at radius 1 is 1.00 bits per heavy atom. The molecule has 0 bridgehead atoms. The van der Waals surface area contributed by atoms with Crippen LogP contribution >= 0.6 is 0 Å². The van der Waals surface area contributed by atoms with E-state index in [4.69, 9.17) is 0 Å². The van der Waals surface area contributed by atoms with Crippen LogP contribution in [0.15, 0.2) is 42.5 Å². The van der Waals surface area contributed by atoms with Crippen LogP contribution in [-0.4, -0.2) is 11.9 Å². The monoisotopic (exact) mass is 291 g/mol. The fourth-order valence-electron chi connectivity index (χ4n) is 3.44. The maximum Gasteiger partial charge on any atom is 0.0513 e. The van der Waals surface area contributed by atoms with Crippen molar-refractivity contribution in [3.05, 3.63) is 48.0 Å². The molecule has 114 valence electrons. The van der Waals surface area contributed by atoms with Crippen molar-refractivity contribution < 1.29 is 0 Å². The molecule has 2 aromatic rings. The molecule has 0 aromatic heterocycles. The molecule has 0 unspecified atom stereocenters. The maximum atomic E-state index is 3.40. The van der Waals surface area contributed by atoms with Crippen molar-refractivity contribution in [2.45, 2.75) is 45.1 Å². The Hall–Kier alpha value is -1.94. The first-order valence-electron chi connectivity index (χ1n) is 8.49. The first-order chi connectivity index (χ1) is 10.8. The van der Waals surface area contributed by atoms with Gasteiger partial charge in [-0.3, -0.25) is 0 Å². The van der Waals surface area contributed by atoms with E-state index in [1.807, 2.05) is 0 Å². The first-order valence-corrected chi connectivity index (χ1v) is 8.49. The Labute approximate surface area is 134 Å². The van der Waals surface area contributed by atoms with E-state index in [9.17, 15) is 0 Å². The molecule has 0 spiro atoms. The second-order valence-corrected chi connectivity index (χ2v) is 6.49. The molecular weight excluding hydrogens is 266 g/mol. The van der Waals surface area contributed by atoms with Crippen molar-refractivity contribution >= 4 is 10.8 Å². The van der Waals surface area contributed by atoms with Crippen molar-refractivity contribution in [3.8, 4) is 12.0 Å². The van der Waals surface area contributed by atoms with E-state index in [-0.39, 0.29) is 0 Å². The Kier molecular flexibility index (Phi) is 5.01. The summed E-state index contributed by atoms with van der Waals surface area (Å²) in [6.07, 6.45) is 8.05. The van der Waals surface area contributed by atoms with Crippen LogP contribution < -0.4 is 0 Å². The highest BCUT2D eigenvalue weighted by atomic mass is 15.1. The van der Waals surface area contributed by atoms with Crippen LogP contribution in [-0.2, 0) is 6.54 Å². The van der Waals surface area contributed by atoms with E-state index in [1.54, 1.807) is 0 Å². The fourth-order valence-corrected chi connectivity index (χ4v) is 3.44. The van der Waals surface area contributed by atoms with Gasteiger partial charge in [0, 0.05) is 19.5 Å². The first kappa shape index (κ1) is 15.0. The van der Waals surface area contributed by atoms with Crippen molar-refractivity contribution in [2.75, 3.05) is 7.05 Å². The van der Waals surface area contributed by atoms with Gasteiger partial charge in [-0.1, -0.05) is 67.6 Å². The summed E-state index contributed by atoms with van der Waals surface area (Å²) in [6.45, 7) is 0.888. The van der Waals surface area contributed by atoms with Crippen LogP contribution in [0.2, 0.25) is 0 Å². The number of hydrogen-bond acceptors (Lipinski definition) is 1. The normalized spacial score (nSPS) is 15.3. The molecule has 2 aromatic carbocycles. The minimum absolute atomic E-state index is 0.840. The molecule has 0 aliphatic heterocycles. The number of rotatable bonds is 3. The van der Waals surface area contributed by atoms with Gasteiger partial charge in [-0.2, -0.15) is 0 Å². The maximum absolute atomic E-state index is 3.40. The van der Waals surface area contributed by atoms with Crippen molar-refractivity contribution in [1.29, 1.82) is 0 Å². The van der Waals surface area contributed by atoms with Crippen molar-refractivity contribution in [3.63, 3.8) is 0 Å². The van der Waals surface area contributed by atoms with Gasteiger partial charge in [0.05, 0.1) is 6.54 Å². The van der Waals surface area contributed by atoms with Gasteiger partial charge < -0.3 is 4.90 Å². The van der Waals surface area contributed by atoms with Crippen LogP contribution in [0, 0.1) is 17.9 Å². The lowest BCUT2D eigenvalue weighted by molar-refractivity contribution is 0.364. The summed E-state index contributed by atoms with van der Waals surface area (Å²) < 4.78 is 0. The quantitative estimate of drug-likeness (QED) is 0.555. The van der Waals surface area contributed by atoms with Gasteiger partial charge >= 0.3 is 0 Å². The van der Waals surface area contributed by atoms with Gasteiger partial charge in [0.15, 0.2) is 0 Å². The third-order valence-electron chi connectivity index (χ3n) is 4.67. The van der Waals surface area contributed by atoms with Gasteiger partial charge in [-0.05, 0) is 35.1 Å². The highest BCUT2D eigenvalue weighted by Gasteiger charge is 2.11. The summed E-state index contributed by atoms with van der Waals surface area (Å²) in [5, 5.41) is 2.65. The molecular formula is C21H25N. The van der Waals surface area contributed by atoms with E-state index in [1.165, 1.54) is 48.4 Å². The Balaban J connectivity index is 1.62. The molecule has 0 heterocycles. The third-order valence-corrected chi connectivity index (χ3v) is 4.67. The standard InChI is InChI=1S/C21H25N/c1-22(16-8-11-18-9-3-2-4-10-18)17-20-14-7-13-19-12-5-6-15-21(19)20/h5-7,12-15,18H,2-4,9-11,17H2,1H3. The molecule has 0 radical (unpaired) electrons. The summed E-state index contributed by atoms with van der Waals surface area (Å²) in [4.78, 5) is 2.13. The molecule has 1 aliphatic rings. The molecule has 1 heteroatoms. The van der Waals surface area contributed by atoms with E-state index >= 15 is 0 Å². The van der Waals surface area contributed by atoms with Crippen LogP contribution in [0.3, 0.4) is 0 Å². The fraction of sp³-hybridized carbons (Fsp3) is 0.429. The zero-order chi connectivity index (χ0) is 15.2. The van der Waals surface area contributed by atoms with Gasteiger partial charge in [-0.15, -0.1) is 0 Å². The summed E-state index contributed by atoms with van der Waals surface area (Å²) >= 11 is 0. The minimum atomic E-state index is 0.840. The Bertz CT molecular complexity index is 666. The van der Waals surface area contributed by atoms with Crippen molar-refractivity contribution in [1.82, 2.24) is 4.90 Å². The smallest absolute Gasteiger partial charge is 0.0513 e. The van der Waals surface area contributed by atoms with Crippen LogP contribution in [0.5, 0.6) is 0 Å². The van der Waals surface area contributed by atoms with Crippen molar-refractivity contribution in [2.24, 2.45) is 5.92 Å². The average molecular weight is 291 g/mol. The molecule has 0 saturated heterocycles.